The van der Waals surface area contributed by atoms with Gasteiger partial charge < -0.3 is 14.4 Å². The minimum Gasteiger partial charge on any atom is -0.468 e. The normalized spacial score (nSPS) is 20.0. The molecule has 0 aromatic heterocycles. The summed E-state index contributed by atoms with van der Waals surface area (Å²) in [5, 5.41) is 0. The highest BCUT2D eigenvalue weighted by atomic mass is 16.5. The summed E-state index contributed by atoms with van der Waals surface area (Å²) in [6.45, 7) is 0.448. The maximum atomic E-state index is 5.25. The van der Waals surface area contributed by atoms with Gasteiger partial charge in [0, 0.05) is 30.6 Å². The number of rotatable bonds is 0. The van der Waals surface area contributed by atoms with Gasteiger partial charge in [0.05, 0.1) is 17.1 Å². The molecule has 6 heteroatoms. The minimum atomic E-state index is 0.448. The molecule has 1 aromatic carbocycles. The largest absolute Gasteiger partial charge is 0.468 e. The predicted octanol–water partition coefficient (Wildman–Crippen LogP) is 3.44. The molecule has 0 radical (unpaired) electrons. The molecule has 0 N–H and O–H groups in total. The number of nitrogens with zero attached hydrogens (tertiary/aromatic N) is 4. The van der Waals surface area contributed by atoms with Crippen molar-refractivity contribution in [1.82, 2.24) is 4.90 Å². The van der Waals surface area contributed by atoms with Gasteiger partial charge in [-0.3, -0.25) is 9.98 Å². The number of allylic oxidation sites excluding steroid dienone is 2. The minimum absolute atomic E-state index is 0.448. The van der Waals surface area contributed by atoms with Gasteiger partial charge in [-0.05, 0) is 17.7 Å². The van der Waals surface area contributed by atoms with Crippen molar-refractivity contribution >= 4 is 23.5 Å². The second-order valence-corrected chi connectivity index (χ2v) is 5.46. The van der Waals surface area contributed by atoms with Crippen molar-refractivity contribution in [1.29, 1.82) is 0 Å². The van der Waals surface area contributed by atoms with Crippen LogP contribution in [0.25, 0.3) is 0 Å². The van der Waals surface area contributed by atoms with Crippen LogP contribution < -0.4 is 0 Å². The smallest absolute Gasteiger partial charge is 0.180 e. The van der Waals surface area contributed by atoms with E-state index in [-0.39, 0.29) is 0 Å². The van der Waals surface area contributed by atoms with E-state index in [2.05, 4.69) is 21.0 Å². The highest BCUT2D eigenvalue weighted by Crippen LogP contribution is 2.24. The maximum Gasteiger partial charge on any atom is 0.180 e. The standard InChI is InChI=1S/C19H16N4O2/c1-2-4-17-15(3-1)11-19-16-12-23(6-5-18(16)20-13-21-19)7-8-24-9-10-25-14-22-17/h1-10,12,14H,11,13H2/b8-7?,10-9-,22-14?. The Morgan fingerprint density at radius 1 is 0.960 bits per heavy atom. The van der Waals surface area contributed by atoms with Crippen molar-refractivity contribution in [2.75, 3.05) is 6.67 Å². The van der Waals surface area contributed by atoms with Gasteiger partial charge in [-0.15, -0.1) is 0 Å². The van der Waals surface area contributed by atoms with Crippen molar-refractivity contribution in [2.24, 2.45) is 15.0 Å². The number of benzene rings is 1. The zero-order chi connectivity index (χ0) is 16.9. The predicted molar refractivity (Wildman–Crippen MR) is 97.5 cm³/mol. The van der Waals surface area contributed by atoms with E-state index in [0.29, 0.717) is 13.1 Å². The molecule has 0 saturated heterocycles. The van der Waals surface area contributed by atoms with Crippen LogP contribution in [0.1, 0.15) is 5.56 Å². The van der Waals surface area contributed by atoms with Crippen LogP contribution in [0.3, 0.4) is 0 Å². The Balaban J connectivity index is 1.74. The molecule has 6 nitrogen and oxygen atoms in total. The van der Waals surface area contributed by atoms with Gasteiger partial charge in [0.15, 0.2) is 6.40 Å². The van der Waals surface area contributed by atoms with E-state index in [1.165, 1.54) is 18.9 Å². The van der Waals surface area contributed by atoms with Crippen LogP contribution in [0.4, 0.5) is 5.69 Å². The molecule has 3 aliphatic heterocycles. The fourth-order valence-corrected chi connectivity index (χ4v) is 2.69. The van der Waals surface area contributed by atoms with E-state index in [0.717, 1.165) is 28.2 Å². The van der Waals surface area contributed by atoms with Crippen LogP contribution in [0.2, 0.25) is 0 Å². The van der Waals surface area contributed by atoms with E-state index < -0.39 is 0 Å². The molecule has 3 aliphatic rings. The summed E-state index contributed by atoms with van der Waals surface area (Å²) in [5.41, 5.74) is 4.88. The fraction of sp³-hybridized carbons (Fsp3) is 0.105. The summed E-state index contributed by atoms with van der Waals surface area (Å²) >= 11 is 0. The number of hydrogen-bond acceptors (Lipinski definition) is 6. The first kappa shape index (κ1) is 15.1. The first-order valence-corrected chi connectivity index (χ1v) is 7.89. The van der Waals surface area contributed by atoms with Crippen LogP contribution in [-0.2, 0) is 15.9 Å². The van der Waals surface area contributed by atoms with Gasteiger partial charge in [-0.1, -0.05) is 18.2 Å². The zero-order valence-electron chi connectivity index (χ0n) is 13.4. The lowest BCUT2D eigenvalue weighted by Crippen LogP contribution is -2.24. The van der Waals surface area contributed by atoms with Gasteiger partial charge in [0.2, 0.25) is 0 Å². The molecule has 1 aromatic rings. The van der Waals surface area contributed by atoms with Crippen LogP contribution in [0.15, 0.2) is 88.3 Å². The lowest BCUT2D eigenvalue weighted by molar-refractivity contribution is 0.367. The first-order chi connectivity index (χ1) is 12.4. The van der Waals surface area contributed by atoms with Gasteiger partial charge in [-0.25, -0.2) is 4.99 Å². The Hall–Kier alpha value is -3.41. The van der Waals surface area contributed by atoms with Gasteiger partial charge in [0.1, 0.15) is 25.5 Å². The molecule has 0 fully saturated rings. The summed E-state index contributed by atoms with van der Waals surface area (Å²) in [6, 6.07) is 7.95. The molecule has 3 heterocycles. The zero-order valence-corrected chi connectivity index (χ0v) is 13.4. The van der Waals surface area contributed by atoms with Crippen molar-refractivity contribution < 1.29 is 9.47 Å². The molecule has 0 atom stereocenters. The van der Waals surface area contributed by atoms with Crippen LogP contribution in [-0.4, -0.2) is 29.4 Å². The topological polar surface area (TPSA) is 58.8 Å². The first-order valence-electron chi connectivity index (χ1n) is 7.89. The Morgan fingerprint density at radius 3 is 2.88 bits per heavy atom. The third kappa shape index (κ3) is 3.42. The number of aliphatic imine (C=N–C) groups is 3. The summed E-state index contributed by atoms with van der Waals surface area (Å²) < 4.78 is 10.5. The number of para-hydroxylation sites is 1. The van der Waals surface area contributed by atoms with Crippen LogP contribution in [0.5, 0.6) is 0 Å². The lowest BCUT2D eigenvalue weighted by atomic mass is 9.96. The molecule has 2 bridgehead atoms. The molecule has 4 rings (SSSR count). The van der Waals surface area contributed by atoms with Gasteiger partial charge in [-0.2, -0.15) is 0 Å². The number of hydrogen-bond donors (Lipinski definition) is 0. The summed E-state index contributed by atoms with van der Waals surface area (Å²) in [6.07, 6.45) is 14.2. The second kappa shape index (κ2) is 7.00. The average molecular weight is 332 g/mol. The third-order valence-electron chi connectivity index (χ3n) is 3.90. The number of fused-ring (bicyclic) bond motifs is 2. The summed E-state index contributed by atoms with van der Waals surface area (Å²) in [5.74, 6) is 0. The fourth-order valence-electron chi connectivity index (χ4n) is 2.69. The molecule has 0 amide bonds. The van der Waals surface area contributed by atoms with E-state index in [1.54, 1.807) is 12.5 Å². The Kier molecular flexibility index (Phi) is 4.24. The molecular formula is C19H16N4O2. The Morgan fingerprint density at radius 2 is 1.88 bits per heavy atom. The van der Waals surface area contributed by atoms with Gasteiger partial charge >= 0.3 is 0 Å². The van der Waals surface area contributed by atoms with E-state index >= 15 is 0 Å². The highest BCUT2D eigenvalue weighted by Gasteiger charge is 2.20. The molecular weight excluding hydrogens is 316 g/mol. The van der Waals surface area contributed by atoms with Crippen molar-refractivity contribution in [2.45, 2.75) is 6.42 Å². The quantitative estimate of drug-likeness (QED) is 0.731. The highest BCUT2D eigenvalue weighted by molar-refractivity contribution is 6.29. The summed E-state index contributed by atoms with van der Waals surface area (Å²) in [7, 11) is 0. The van der Waals surface area contributed by atoms with Crippen molar-refractivity contribution in [3.63, 3.8) is 0 Å². The average Bonchev–Trinajstić information content (AvgIpc) is 2.65. The van der Waals surface area contributed by atoms with Crippen LogP contribution in [0, 0.1) is 0 Å². The van der Waals surface area contributed by atoms with Crippen LogP contribution >= 0.6 is 0 Å². The molecule has 0 saturated carbocycles. The molecule has 0 spiro atoms. The maximum absolute atomic E-state index is 5.25. The Bertz CT molecular complexity index is 875. The monoisotopic (exact) mass is 332 g/mol. The van der Waals surface area contributed by atoms with Gasteiger partial charge in [0.25, 0.3) is 0 Å². The van der Waals surface area contributed by atoms with E-state index in [1.807, 2.05) is 41.6 Å². The number of ether oxygens (including phenoxy) is 2. The van der Waals surface area contributed by atoms with Crippen molar-refractivity contribution in [3.05, 3.63) is 78.9 Å². The Labute approximate surface area is 145 Å². The molecule has 25 heavy (non-hydrogen) atoms. The molecule has 124 valence electrons. The van der Waals surface area contributed by atoms with E-state index in [9.17, 15) is 0 Å². The second-order valence-electron chi connectivity index (χ2n) is 5.46. The third-order valence-corrected chi connectivity index (χ3v) is 3.90. The lowest BCUT2D eigenvalue weighted by Gasteiger charge is -2.23. The summed E-state index contributed by atoms with van der Waals surface area (Å²) in [4.78, 5) is 15.4. The van der Waals surface area contributed by atoms with E-state index in [4.69, 9.17) is 9.47 Å². The molecule has 0 unspecified atom stereocenters. The van der Waals surface area contributed by atoms with Crippen molar-refractivity contribution in [3.8, 4) is 0 Å². The molecule has 0 aliphatic carbocycles. The SMILES string of the molecule is C1=CN2C=CC3=NCN=C(Cc4ccccc4N=CO/C=C\O1)C3=C2.